The van der Waals surface area contributed by atoms with Gasteiger partial charge >= 0.3 is 5.69 Å². The van der Waals surface area contributed by atoms with E-state index in [4.69, 9.17) is 13.9 Å². The quantitative estimate of drug-likeness (QED) is 0.0585. The Balaban J connectivity index is 0.720. The summed E-state index contributed by atoms with van der Waals surface area (Å²) in [6.45, 7) is 4.51. The van der Waals surface area contributed by atoms with E-state index in [0.717, 1.165) is 62.8 Å². The molecular weight excluding hydrogens is 831 g/mol. The number of benzene rings is 1. The van der Waals surface area contributed by atoms with Gasteiger partial charge in [-0.25, -0.2) is 23.5 Å². The lowest BCUT2D eigenvalue weighted by Crippen LogP contribution is -2.44. The number of oxazole rings is 1. The first-order chi connectivity index (χ1) is 31.0. The van der Waals surface area contributed by atoms with Crippen LogP contribution in [0.1, 0.15) is 98.0 Å². The highest BCUT2D eigenvalue weighted by Crippen LogP contribution is 2.36. The Kier molecular flexibility index (Phi) is 14.3. The topological polar surface area (TPSA) is 193 Å². The number of piperidine rings is 1. The molecule has 17 nitrogen and oxygen atoms in total. The third-order valence-corrected chi connectivity index (χ3v) is 12.4. The van der Waals surface area contributed by atoms with E-state index >= 15 is 0 Å². The number of nitrogens with zero attached hydrogens (tertiary/aromatic N) is 7. The number of pyridine rings is 1. The lowest BCUT2D eigenvalue weighted by Gasteiger charge is -2.31. The highest BCUT2D eigenvalue weighted by molar-refractivity contribution is 6.03. The third kappa shape index (κ3) is 10.8. The van der Waals surface area contributed by atoms with Gasteiger partial charge in [-0.3, -0.25) is 33.5 Å². The van der Waals surface area contributed by atoms with Crippen LogP contribution in [0.5, 0.6) is 0 Å². The van der Waals surface area contributed by atoms with Gasteiger partial charge in [-0.15, -0.1) is 0 Å². The van der Waals surface area contributed by atoms with Crippen LogP contribution >= 0.6 is 0 Å². The summed E-state index contributed by atoms with van der Waals surface area (Å²) in [6, 6.07) is 8.45. The van der Waals surface area contributed by atoms with Crippen LogP contribution in [0.25, 0.3) is 22.5 Å². The van der Waals surface area contributed by atoms with Crippen LogP contribution in [0.15, 0.2) is 58.2 Å². The van der Waals surface area contributed by atoms with Crippen LogP contribution in [0.3, 0.4) is 0 Å². The van der Waals surface area contributed by atoms with Crippen LogP contribution in [0.4, 0.5) is 20.3 Å². The van der Waals surface area contributed by atoms with E-state index in [-0.39, 0.29) is 41.3 Å². The number of aromatic nitrogens is 6. The molecule has 3 N–H and O–H groups in total. The Morgan fingerprint density at radius 3 is 2.56 bits per heavy atom. The largest absolute Gasteiger partial charge is 0.444 e. The molecule has 1 saturated heterocycles. The number of imide groups is 1. The molecule has 342 valence electrons. The van der Waals surface area contributed by atoms with E-state index in [9.17, 15) is 28.0 Å². The maximum absolute atomic E-state index is 14.1. The number of aryl methyl sites for hydroxylation is 2. The van der Waals surface area contributed by atoms with Gasteiger partial charge in [0.2, 0.25) is 17.7 Å². The molecule has 1 atom stereocenters. The number of rotatable bonds is 21. The number of hydrogen-bond acceptors (Lipinski definition) is 12. The van der Waals surface area contributed by atoms with Gasteiger partial charge in [0.1, 0.15) is 18.1 Å². The number of para-hydroxylation sites is 1. The van der Waals surface area contributed by atoms with Crippen molar-refractivity contribution in [1.29, 1.82) is 0 Å². The monoisotopic (exact) mass is 886 g/mol. The Bertz CT molecular complexity index is 2490. The normalized spacial score (nSPS) is 19.2. The molecule has 5 heterocycles. The molecule has 4 aromatic heterocycles. The first-order valence-electron chi connectivity index (χ1n) is 22.2. The van der Waals surface area contributed by atoms with Gasteiger partial charge in [0.05, 0.1) is 42.6 Å². The molecule has 5 aromatic rings. The molecule has 1 unspecified atom stereocenters. The van der Waals surface area contributed by atoms with Crippen molar-refractivity contribution in [3.63, 3.8) is 0 Å². The predicted octanol–water partition coefficient (Wildman–Crippen LogP) is 5.91. The Hall–Kier alpha value is -5.79. The zero-order valence-electron chi connectivity index (χ0n) is 36.3. The maximum Gasteiger partial charge on any atom is 0.329 e. The average molecular weight is 887 g/mol. The SMILES string of the molecule is CN(CCOCCOCCCc1cccc2c1n(C)c(=O)n2C1CCC(=O)NC1=O)CC1CCC(n2cc(NC(=O)c3coc(-c4ccnc(NCC5CC5)c4)n3)c(C(F)F)n2)CC1. The number of carbonyl (C=O) groups is 3. The van der Waals surface area contributed by atoms with Crippen LogP contribution in [0.2, 0.25) is 0 Å². The molecule has 19 heteroatoms. The van der Waals surface area contributed by atoms with Crippen molar-refractivity contribution in [1.82, 2.24) is 39.1 Å². The average Bonchev–Trinajstić information content (AvgIpc) is 3.69. The second-order valence-corrected chi connectivity index (χ2v) is 17.2. The number of likely N-dealkylation sites (N-methyl/N-ethyl adjacent to an activating group) is 1. The molecule has 1 aliphatic heterocycles. The van der Waals surface area contributed by atoms with E-state index in [1.807, 2.05) is 18.2 Å². The second-order valence-electron chi connectivity index (χ2n) is 17.2. The standard InChI is InChI=1S/C45H56F2N10O7/c1-54(18-20-63-22-21-62-19-4-6-30-5-3-7-35-40(30)55(2)45(61)57(35)36-14-15-38(58)52-43(36)60)25-29-10-12-32(13-11-29)56-26-33(39(53-56)41(46)47)50-42(59)34-27-64-44(51-34)31-16-17-48-37(23-31)49-24-28-8-9-28/h3,5,7,16-17,23,26-29,32,36,41H,4,6,8-15,18-22,24-25H2,1-2H3,(H,48,49)(H,50,59)(H,52,58,60). The van der Waals surface area contributed by atoms with Gasteiger partial charge in [0, 0.05) is 57.7 Å². The fourth-order valence-corrected chi connectivity index (χ4v) is 8.76. The fraction of sp³-hybridized carbons (Fsp3) is 0.533. The number of amides is 3. The molecule has 8 rings (SSSR count). The van der Waals surface area contributed by atoms with Gasteiger partial charge in [-0.1, -0.05) is 12.1 Å². The van der Waals surface area contributed by atoms with Crippen LogP contribution in [-0.2, 0) is 32.5 Å². The number of alkyl halides is 2. The molecule has 0 radical (unpaired) electrons. The number of hydrogen-bond donors (Lipinski definition) is 3. The molecule has 1 aromatic carbocycles. The zero-order valence-corrected chi connectivity index (χ0v) is 36.3. The Morgan fingerprint density at radius 1 is 1.02 bits per heavy atom. The lowest BCUT2D eigenvalue weighted by atomic mass is 9.86. The minimum absolute atomic E-state index is 0.0349. The summed E-state index contributed by atoms with van der Waals surface area (Å²) in [5, 5.41) is 12.5. The van der Waals surface area contributed by atoms with Gasteiger partial charge in [0.15, 0.2) is 11.4 Å². The number of nitrogens with one attached hydrogen (secondary N) is 3. The highest BCUT2D eigenvalue weighted by Gasteiger charge is 2.32. The van der Waals surface area contributed by atoms with E-state index in [1.54, 1.807) is 34.6 Å². The van der Waals surface area contributed by atoms with Crippen molar-refractivity contribution in [2.75, 3.05) is 63.7 Å². The number of ether oxygens (including phenoxy) is 2. The van der Waals surface area contributed by atoms with Crippen molar-refractivity contribution in [2.45, 2.75) is 82.7 Å². The number of fused-ring (bicyclic) bond motifs is 1. The maximum atomic E-state index is 14.1. The summed E-state index contributed by atoms with van der Waals surface area (Å²) >= 11 is 0. The smallest absolute Gasteiger partial charge is 0.329 e. The van der Waals surface area contributed by atoms with Crippen molar-refractivity contribution in [3.05, 3.63) is 76.4 Å². The third-order valence-electron chi connectivity index (χ3n) is 12.4. The number of carbonyl (C=O) groups excluding carboxylic acids is 3. The van der Waals surface area contributed by atoms with E-state index in [2.05, 4.69) is 43.0 Å². The molecular formula is C45H56F2N10O7. The van der Waals surface area contributed by atoms with E-state index in [0.29, 0.717) is 68.0 Å². The number of imidazole rings is 1. The summed E-state index contributed by atoms with van der Waals surface area (Å²) in [5.41, 5.74) is 2.24. The minimum Gasteiger partial charge on any atom is -0.444 e. The summed E-state index contributed by atoms with van der Waals surface area (Å²) < 4.78 is 50.2. The van der Waals surface area contributed by atoms with E-state index in [1.165, 1.54) is 29.9 Å². The molecule has 2 aliphatic carbocycles. The Labute approximate surface area is 368 Å². The second kappa shape index (κ2) is 20.4. The fourth-order valence-electron chi connectivity index (χ4n) is 8.76. The van der Waals surface area contributed by atoms with Crippen LogP contribution in [0, 0.1) is 11.8 Å². The molecule has 3 fully saturated rings. The predicted molar refractivity (Wildman–Crippen MR) is 233 cm³/mol. The van der Waals surface area contributed by atoms with Crippen LogP contribution in [-0.4, -0.2) is 105 Å². The van der Waals surface area contributed by atoms with Crippen molar-refractivity contribution >= 4 is 40.3 Å². The van der Waals surface area contributed by atoms with Gasteiger partial charge in [-0.05, 0) is 100 Å². The molecule has 3 amide bonds. The van der Waals surface area contributed by atoms with Gasteiger partial charge in [-0.2, -0.15) is 5.10 Å². The van der Waals surface area contributed by atoms with Crippen molar-refractivity contribution < 1.29 is 37.1 Å². The molecule has 0 bridgehead atoms. The van der Waals surface area contributed by atoms with Gasteiger partial charge in [0.25, 0.3) is 12.3 Å². The first-order valence-corrected chi connectivity index (χ1v) is 22.2. The Morgan fingerprint density at radius 2 is 1.80 bits per heavy atom. The molecule has 64 heavy (non-hydrogen) atoms. The zero-order chi connectivity index (χ0) is 44.7. The summed E-state index contributed by atoms with van der Waals surface area (Å²) in [4.78, 5) is 61.5. The lowest BCUT2D eigenvalue weighted by molar-refractivity contribution is -0.135. The van der Waals surface area contributed by atoms with Crippen LogP contribution < -0.4 is 21.6 Å². The van der Waals surface area contributed by atoms with Crippen molar-refractivity contribution in [2.24, 2.45) is 18.9 Å². The number of halogens is 2. The van der Waals surface area contributed by atoms with Crippen molar-refractivity contribution in [3.8, 4) is 11.5 Å². The molecule has 2 saturated carbocycles. The van der Waals surface area contributed by atoms with Gasteiger partial charge < -0.3 is 29.4 Å². The molecule has 3 aliphatic rings. The van der Waals surface area contributed by atoms with E-state index < -0.39 is 30.0 Å². The highest BCUT2D eigenvalue weighted by atomic mass is 19.3. The summed E-state index contributed by atoms with van der Waals surface area (Å²) in [6.07, 6.45) is 9.20. The first kappa shape index (κ1) is 44.8. The summed E-state index contributed by atoms with van der Waals surface area (Å²) in [5.74, 6) is 0.589. The summed E-state index contributed by atoms with van der Waals surface area (Å²) in [7, 11) is 3.77. The molecule has 0 spiro atoms. The minimum atomic E-state index is -2.87. The number of anilines is 2.